The highest BCUT2D eigenvalue weighted by Gasteiger charge is 2.22. The molecule has 0 amide bonds. The van der Waals surface area contributed by atoms with Crippen LogP contribution in [0, 0.1) is 0 Å². The lowest BCUT2D eigenvalue weighted by molar-refractivity contribution is 0.0691. The Morgan fingerprint density at radius 2 is 2.05 bits per heavy atom. The first kappa shape index (κ1) is 14.0. The zero-order chi connectivity index (χ0) is 14.7. The van der Waals surface area contributed by atoms with Crippen molar-refractivity contribution in [3.63, 3.8) is 0 Å². The normalized spacial score (nSPS) is 12.3. The molecule has 1 aromatic carbocycles. The second kappa shape index (κ2) is 5.73. The van der Waals surface area contributed by atoms with E-state index in [0.29, 0.717) is 11.4 Å². The molecule has 0 bridgehead atoms. The van der Waals surface area contributed by atoms with Crippen LogP contribution in [0.1, 0.15) is 43.2 Å². The van der Waals surface area contributed by atoms with Gasteiger partial charge in [0.2, 0.25) is 0 Å². The van der Waals surface area contributed by atoms with Gasteiger partial charge in [-0.05, 0) is 25.5 Å². The summed E-state index contributed by atoms with van der Waals surface area (Å²) in [4.78, 5) is 11.3. The number of nitrogen functional groups attached to an aromatic ring is 1. The minimum atomic E-state index is -1.08. The van der Waals surface area contributed by atoms with Crippen molar-refractivity contribution in [3.8, 4) is 11.3 Å². The number of nitrogens with zero attached hydrogens (tertiary/aromatic N) is 3. The molecule has 0 fully saturated rings. The van der Waals surface area contributed by atoms with Crippen LogP contribution in [0.5, 0.6) is 0 Å². The van der Waals surface area contributed by atoms with E-state index in [4.69, 9.17) is 5.73 Å². The number of benzene rings is 1. The maximum atomic E-state index is 11.3. The Labute approximate surface area is 117 Å². The van der Waals surface area contributed by atoms with Crippen LogP contribution in [0.4, 0.5) is 5.69 Å². The van der Waals surface area contributed by atoms with Gasteiger partial charge in [0.05, 0.1) is 6.04 Å². The third-order valence-corrected chi connectivity index (χ3v) is 3.21. The molecule has 1 heterocycles. The zero-order valence-electron chi connectivity index (χ0n) is 11.6. The summed E-state index contributed by atoms with van der Waals surface area (Å²) >= 11 is 0. The first-order valence-corrected chi connectivity index (χ1v) is 6.59. The predicted molar refractivity (Wildman–Crippen MR) is 76.4 cm³/mol. The van der Waals surface area contributed by atoms with Gasteiger partial charge in [0.1, 0.15) is 5.69 Å². The summed E-state index contributed by atoms with van der Waals surface area (Å²) in [6.07, 6.45) is 1.90. The lowest BCUT2D eigenvalue weighted by Crippen LogP contribution is -2.09. The summed E-state index contributed by atoms with van der Waals surface area (Å²) in [5.41, 5.74) is 7.55. The van der Waals surface area contributed by atoms with E-state index in [1.807, 2.05) is 6.92 Å². The molecule has 0 spiro atoms. The third kappa shape index (κ3) is 2.64. The van der Waals surface area contributed by atoms with Crippen molar-refractivity contribution in [3.05, 3.63) is 30.0 Å². The van der Waals surface area contributed by atoms with Crippen molar-refractivity contribution in [1.82, 2.24) is 15.0 Å². The van der Waals surface area contributed by atoms with Crippen LogP contribution >= 0.6 is 0 Å². The lowest BCUT2D eigenvalue weighted by atomic mass is 10.1. The Hall–Kier alpha value is -2.37. The van der Waals surface area contributed by atoms with Gasteiger partial charge >= 0.3 is 5.97 Å². The highest BCUT2D eigenvalue weighted by Crippen LogP contribution is 2.27. The molecule has 6 heteroatoms. The quantitative estimate of drug-likeness (QED) is 0.817. The number of anilines is 1. The average molecular weight is 274 g/mol. The molecular formula is C14H18N4O2. The predicted octanol–water partition coefficient (Wildman–Crippen LogP) is 2.59. The molecule has 0 aliphatic carbocycles. The smallest absolute Gasteiger partial charge is 0.358 e. The number of hydrogen-bond acceptors (Lipinski definition) is 4. The van der Waals surface area contributed by atoms with Gasteiger partial charge in [-0.25, -0.2) is 9.48 Å². The van der Waals surface area contributed by atoms with Crippen molar-refractivity contribution in [2.75, 3.05) is 5.73 Å². The molecule has 0 radical (unpaired) electrons. The van der Waals surface area contributed by atoms with E-state index in [1.165, 1.54) is 0 Å². The maximum Gasteiger partial charge on any atom is 0.358 e. The van der Waals surface area contributed by atoms with Crippen LogP contribution in [-0.4, -0.2) is 26.1 Å². The van der Waals surface area contributed by atoms with Crippen LogP contribution in [0.3, 0.4) is 0 Å². The van der Waals surface area contributed by atoms with Gasteiger partial charge in [-0.15, -0.1) is 5.10 Å². The summed E-state index contributed by atoms with van der Waals surface area (Å²) in [7, 11) is 0. The lowest BCUT2D eigenvalue weighted by Gasteiger charge is -2.14. The number of hydrogen-bond donors (Lipinski definition) is 2. The highest BCUT2D eigenvalue weighted by molar-refractivity contribution is 5.92. The molecule has 0 aliphatic heterocycles. The van der Waals surface area contributed by atoms with E-state index in [0.717, 1.165) is 18.4 Å². The van der Waals surface area contributed by atoms with Crippen LogP contribution in [-0.2, 0) is 0 Å². The van der Waals surface area contributed by atoms with Crippen LogP contribution < -0.4 is 5.73 Å². The number of carbonyl (C=O) groups is 1. The average Bonchev–Trinajstić information content (AvgIpc) is 2.84. The Morgan fingerprint density at radius 1 is 1.40 bits per heavy atom. The van der Waals surface area contributed by atoms with Crippen molar-refractivity contribution in [2.45, 2.75) is 32.7 Å². The zero-order valence-corrected chi connectivity index (χ0v) is 11.6. The summed E-state index contributed by atoms with van der Waals surface area (Å²) < 4.78 is 1.68. The Kier molecular flexibility index (Phi) is 4.02. The Balaban J connectivity index is 2.55. The van der Waals surface area contributed by atoms with Crippen LogP contribution in [0.15, 0.2) is 24.3 Å². The summed E-state index contributed by atoms with van der Waals surface area (Å²) in [6.45, 7) is 4.08. The molecule has 1 atom stereocenters. The van der Waals surface area contributed by atoms with Crippen molar-refractivity contribution in [1.29, 1.82) is 0 Å². The number of rotatable bonds is 5. The molecular weight excluding hydrogens is 256 g/mol. The van der Waals surface area contributed by atoms with E-state index in [1.54, 1.807) is 28.9 Å². The molecule has 0 aliphatic rings. The monoisotopic (exact) mass is 274 g/mol. The number of aromatic carboxylic acids is 1. The molecule has 20 heavy (non-hydrogen) atoms. The Morgan fingerprint density at radius 3 is 2.60 bits per heavy atom. The number of carboxylic acids is 1. The van der Waals surface area contributed by atoms with Gasteiger partial charge in [-0.1, -0.05) is 30.7 Å². The van der Waals surface area contributed by atoms with Crippen LogP contribution in [0.2, 0.25) is 0 Å². The standard InChI is InChI=1S/C14H18N4O2/c1-3-4-9(2)18-13(12(14(19)20)16-17-18)10-5-7-11(15)8-6-10/h5-9H,3-4,15H2,1-2H3,(H,19,20). The fourth-order valence-electron chi connectivity index (χ4n) is 2.20. The van der Waals surface area contributed by atoms with Crippen molar-refractivity contribution >= 4 is 11.7 Å². The van der Waals surface area contributed by atoms with E-state index >= 15 is 0 Å². The summed E-state index contributed by atoms with van der Waals surface area (Å²) in [5.74, 6) is -1.08. The molecule has 2 rings (SSSR count). The number of nitrogens with two attached hydrogens (primary N) is 1. The Bertz CT molecular complexity index is 604. The van der Waals surface area contributed by atoms with Crippen LogP contribution in [0.25, 0.3) is 11.3 Å². The fraction of sp³-hybridized carbons (Fsp3) is 0.357. The fourth-order valence-corrected chi connectivity index (χ4v) is 2.20. The van der Waals surface area contributed by atoms with E-state index in [2.05, 4.69) is 17.2 Å². The molecule has 1 unspecified atom stereocenters. The van der Waals surface area contributed by atoms with Crippen molar-refractivity contribution in [2.24, 2.45) is 0 Å². The summed E-state index contributed by atoms with van der Waals surface area (Å²) in [6, 6.07) is 7.14. The second-order valence-electron chi connectivity index (χ2n) is 4.80. The molecule has 1 aromatic heterocycles. The van der Waals surface area contributed by atoms with E-state index in [9.17, 15) is 9.90 Å². The molecule has 3 N–H and O–H groups in total. The minimum absolute atomic E-state index is 0.0299. The third-order valence-electron chi connectivity index (χ3n) is 3.21. The molecule has 6 nitrogen and oxygen atoms in total. The van der Waals surface area contributed by atoms with Gasteiger partial charge in [0.25, 0.3) is 0 Å². The maximum absolute atomic E-state index is 11.3. The summed E-state index contributed by atoms with van der Waals surface area (Å²) in [5, 5.41) is 17.1. The molecule has 2 aromatic rings. The van der Waals surface area contributed by atoms with Gasteiger partial charge in [-0.2, -0.15) is 0 Å². The molecule has 0 saturated carbocycles. The van der Waals surface area contributed by atoms with E-state index < -0.39 is 5.97 Å². The van der Waals surface area contributed by atoms with Gasteiger partial charge in [0.15, 0.2) is 5.69 Å². The topological polar surface area (TPSA) is 94.0 Å². The van der Waals surface area contributed by atoms with E-state index in [-0.39, 0.29) is 11.7 Å². The first-order chi connectivity index (χ1) is 9.54. The van der Waals surface area contributed by atoms with Gasteiger partial charge < -0.3 is 10.8 Å². The number of aromatic nitrogens is 3. The molecule has 0 saturated heterocycles. The SMILES string of the molecule is CCCC(C)n1nnc(C(=O)O)c1-c1ccc(N)cc1. The largest absolute Gasteiger partial charge is 0.476 e. The second-order valence-corrected chi connectivity index (χ2v) is 4.80. The van der Waals surface area contributed by atoms with Gasteiger partial charge in [0, 0.05) is 11.3 Å². The number of carboxylic acid groups (broad SMARTS) is 1. The first-order valence-electron chi connectivity index (χ1n) is 6.59. The minimum Gasteiger partial charge on any atom is -0.476 e. The van der Waals surface area contributed by atoms with Gasteiger partial charge in [-0.3, -0.25) is 0 Å². The highest BCUT2D eigenvalue weighted by atomic mass is 16.4. The van der Waals surface area contributed by atoms with Crippen molar-refractivity contribution < 1.29 is 9.90 Å². The molecule has 106 valence electrons.